The van der Waals surface area contributed by atoms with Gasteiger partial charge < -0.3 is 9.64 Å². The third-order valence-corrected chi connectivity index (χ3v) is 5.04. The number of aryl methyl sites for hydroxylation is 2. The van der Waals surface area contributed by atoms with Crippen molar-refractivity contribution in [3.8, 4) is 5.75 Å². The minimum Gasteiger partial charge on any atom is -0.491 e. The molecule has 2 rings (SSSR count). The highest BCUT2D eigenvalue weighted by Crippen LogP contribution is 2.25. The third kappa shape index (κ3) is 3.58. The first-order valence-corrected chi connectivity index (χ1v) is 8.56. The van der Waals surface area contributed by atoms with Crippen LogP contribution in [0.2, 0.25) is 0 Å². The summed E-state index contributed by atoms with van der Waals surface area (Å²) in [5.74, 6) is 0.402. The summed E-state index contributed by atoms with van der Waals surface area (Å²) in [4.78, 5) is 13.2. The van der Waals surface area contributed by atoms with Gasteiger partial charge in [-0.1, -0.05) is 18.2 Å². The molecule has 7 heteroatoms. The van der Waals surface area contributed by atoms with Gasteiger partial charge in [-0.25, -0.2) is 0 Å². The number of amides is 1. The monoisotopic (exact) mass is 329 g/mol. The largest absolute Gasteiger partial charge is 0.491 e. The second kappa shape index (κ2) is 6.24. The Morgan fingerprint density at radius 2 is 1.95 bits per heavy atom. The fraction of sp³-hybridized carbons (Fsp3) is 0.533. The smallest absolute Gasteiger partial charge is 0.307 e. The maximum absolute atomic E-state index is 13.0. The van der Waals surface area contributed by atoms with E-state index in [-0.39, 0.29) is 31.5 Å². The van der Waals surface area contributed by atoms with Gasteiger partial charge in [0.1, 0.15) is 17.6 Å². The highest BCUT2D eigenvalue weighted by atomic mass is 32.3. The number of likely N-dealkylation sites (tertiary alicyclic amines) is 1. The first-order chi connectivity index (χ1) is 10.2. The number of hydrogen-bond acceptors (Lipinski definition) is 4. The standard InChI is InChI=1S/C15H20FNO4S/c1-10-5-4-6-11(2)15(10)21-9-12(3)17-8-13(7-14(17)18)22(16,19)20/h4-6,12-13H,7-9H2,1-3H3. The first-order valence-electron chi connectivity index (χ1n) is 7.12. The number of hydrogen-bond donors (Lipinski definition) is 0. The molecule has 0 radical (unpaired) electrons. The number of nitrogens with zero attached hydrogens (tertiary/aromatic N) is 1. The number of benzene rings is 1. The molecule has 0 saturated carbocycles. The fourth-order valence-electron chi connectivity index (χ4n) is 2.63. The van der Waals surface area contributed by atoms with Gasteiger partial charge in [-0.3, -0.25) is 4.79 Å². The van der Waals surface area contributed by atoms with Crippen molar-refractivity contribution >= 4 is 16.1 Å². The predicted octanol–water partition coefficient (Wildman–Crippen LogP) is 1.97. The molecule has 0 bridgehead atoms. The second-order valence-corrected chi connectivity index (χ2v) is 7.35. The molecule has 1 aromatic carbocycles. The van der Waals surface area contributed by atoms with Gasteiger partial charge in [0.25, 0.3) is 0 Å². The van der Waals surface area contributed by atoms with Crippen LogP contribution in [0.25, 0.3) is 0 Å². The number of halogens is 1. The molecule has 122 valence electrons. The van der Waals surface area contributed by atoms with Crippen molar-refractivity contribution in [2.45, 2.75) is 38.5 Å². The van der Waals surface area contributed by atoms with E-state index in [1.807, 2.05) is 32.0 Å². The summed E-state index contributed by atoms with van der Waals surface area (Å²) >= 11 is 0. The van der Waals surface area contributed by atoms with Gasteiger partial charge in [0.05, 0.1) is 6.04 Å². The second-order valence-electron chi connectivity index (χ2n) is 5.73. The molecule has 1 aliphatic heterocycles. The molecule has 1 saturated heterocycles. The zero-order chi connectivity index (χ0) is 16.5. The van der Waals surface area contributed by atoms with Crippen LogP contribution in [0.15, 0.2) is 18.2 Å². The SMILES string of the molecule is Cc1cccc(C)c1OCC(C)N1CC(S(=O)(=O)F)CC1=O. The lowest BCUT2D eigenvalue weighted by Gasteiger charge is -2.25. The Balaban J connectivity index is 2.01. The van der Waals surface area contributed by atoms with E-state index in [2.05, 4.69) is 0 Å². The molecule has 0 aliphatic carbocycles. The van der Waals surface area contributed by atoms with Crippen molar-refractivity contribution in [2.75, 3.05) is 13.2 Å². The molecular formula is C15H20FNO4S. The molecule has 5 nitrogen and oxygen atoms in total. The first kappa shape index (κ1) is 16.7. The Bertz CT molecular complexity index is 654. The lowest BCUT2D eigenvalue weighted by atomic mass is 10.1. The van der Waals surface area contributed by atoms with Crippen molar-refractivity contribution in [3.05, 3.63) is 29.3 Å². The highest BCUT2D eigenvalue weighted by Gasteiger charge is 2.40. The number of para-hydroxylation sites is 1. The van der Waals surface area contributed by atoms with Crippen LogP contribution in [0.1, 0.15) is 24.5 Å². The van der Waals surface area contributed by atoms with E-state index in [9.17, 15) is 17.1 Å². The topological polar surface area (TPSA) is 63.7 Å². The van der Waals surface area contributed by atoms with E-state index in [0.717, 1.165) is 16.9 Å². The van der Waals surface area contributed by atoms with Gasteiger partial charge in [0.15, 0.2) is 0 Å². The van der Waals surface area contributed by atoms with Crippen LogP contribution in [0.5, 0.6) is 5.75 Å². The number of carbonyl (C=O) groups excluding carboxylic acids is 1. The highest BCUT2D eigenvalue weighted by molar-refractivity contribution is 7.87. The lowest BCUT2D eigenvalue weighted by Crippen LogP contribution is -2.39. The number of rotatable bonds is 5. The Labute approximate surface area is 130 Å². The molecule has 2 unspecified atom stereocenters. The normalized spacial score (nSPS) is 20.3. The van der Waals surface area contributed by atoms with Crippen molar-refractivity contribution in [1.82, 2.24) is 4.90 Å². The van der Waals surface area contributed by atoms with E-state index < -0.39 is 15.5 Å². The number of ether oxygens (including phenoxy) is 1. The molecule has 1 aromatic rings. The average molecular weight is 329 g/mol. The number of carbonyl (C=O) groups is 1. The lowest BCUT2D eigenvalue weighted by molar-refractivity contribution is -0.129. The van der Waals surface area contributed by atoms with E-state index in [4.69, 9.17) is 4.74 Å². The van der Waals surface area contributed by atoms with Crippen LogP contribution < -0.4 is 4.74 Å². The van der Waals surface area contributed by atoms with Crippen molar-refractivity contribution < 1.29 is 21.8 Å². The Morgan fingerprint density at radius 3 is 2.45 bits per heavy atom. The van der Waals surface area contributed by atoms with Crippen LogP contribution in [0, 0.1) is 13.8 Å². The van der Waals surface area contributed by atoms with Crippen molar-refractivity contribution in [2.24, 2.45) is 0 Å². The summed E-state index contributed by atoms with van der Waals surface area (Å²) in [5.41, 5.74) is 1.98. The van der Waals surface area contributed by atoms with Gasteiger partial charge in [0, 0.05) is 13.0 Å². The maximum atomic E-state index is 13.0. The molecule has 1 heterocycles. The van der Waals surface area contributed by atoms with Gasteiger partial charge in [0.2, 0.25) is 5.91 Å². The van der Waals surface area contributed by atoms with E-state index in [1.54, 1.807) is 6.92 Å². The van der Waals surface area contributed by atoms with Crippen LogP contribution in [-0.4, -0.2) is 43.7 Å². The van der Waals surface area contributed by atoms with E-state index in [0.29, 0.717) is 0 Å². The van der Waals surface area contributed by atoms with Gasteiger partial charge in [-0.15, -0.1) is 3.89 Å². The van der Waals surface area contributed by atoms with Crippen LogP contribution in [0.3, 0.4) is 0 Å². The van der Waals surface area contributed by atoms with E-state index in [1.165, 1.54) is 4.90 Å². The summed E-state index contributed by atoms with van der Waals surface area (Å²) in [6, 6.07) is 5.47. The zero-order valence-corrected chi connectivity index (χ0v) is 13.7. The Kier molecular flexibility index (Phi) is 4.75. The van der Waals surface area contributed by atoms with Crippen molar-refractivity contribution in [3.63, 3.8) is 0 Å². The summed E-state index contributed by atoms with van der Waals surface area (Å²) in [5, 5.41) is -1.26. The third-order valence-electron chi connectivity index (χ3n) is 3.93. The average Bonchev–Trinajstić information content (AvgIpc) is 2.80. The molecular weight excluding hydrogens is 309 g/mol. The quantitative estimate of drug-likeness (QED) is 0.775. The minimum absolute atomic E-state index is 0.116. The summed E-state index contributed by atoms with van der Waals surface area (Å²) < 4.78 is 40.7. The predicted molar refractivity (Wildman–Crippen MR) is 81.0 cm³/mol. The van der Waals surface area contributed by atoms with Gasteiger partial charge >= 0.3 is 10.2 Å². The molecule has 0 spiro atoms. The molecule has 22 heavy (non-hydrogen) atoms. The zero-order valence-electron chi connectivity index (χ0n) is 12.9. The summed E-state index contributed by atoms with van der Waals surface area (Å²) in [7, 11) is -4.69. The summed E-state index contributed by atoms with van der Waals surface area (Å²) in [6.07, 6.45) is -0.299. The van der Waals surface area contributed by atoms with Crippen molar-refractivity contribution in [1.29, 1.82) is 0 Å². The molecule has 1 aliphatic rings. The van der Waals surface area contributed by atoms with Gasteiger partial charge in [-0.2, -0.15) is 8.42 Å². The van der Waals surface area contributed by atoms with E-state index >= 15 is 0 Å². The van der Waals surface area contributed by atoms with Crippen LogP contribution in [0.4, 0.5) is 3.89 Å². The fourth-order valence-corrected chi connectivity index (χ4v) is 3.31. The molecule has 2 atom stereocenters. The molecule has 1 fully saturated rings. The summed E-state index contributed by atoms with van der Waals surface area (Å²) in [6.45, 7) is 5.74. The van der Waals surface area contributed by atoms with Gasteiger partial charge in [-0.05, 0) is 31.9 Å². The maximum Gasteiger partial charge on any atom is 0.307 e. The minimum atomic E-state index is -4.69. The Hall–Kier alpha value is -1.63. The molecule has 0 N–H and O–H groups in total. The van der Waals surface area contributed by atoms with Crippen LogP contribution in [-0.2, 0) is 15.0 Å². The molecule has 1 amide bonds. The van der Waals surface area contributed by atoms with Crippen LogP contribution >= 0.6 is 0 Å². The molecule has 0 aromatic heterocycles. The Morgan fingerprint density at radius 1 is 1.36 bits per heavy atom.